The van der Waals surface area contributed by atoms with Crippen LogP contribution in [0.1, 0.15) is 0 Å². The summed E-state index contributed by atoms with van der Waals surface area (Å²) in [5.41, 5.74) is 0. The Morgan fingerprint density at radius 1 is 1.12 bits per heavy atom. The minimum Gasteiger partial charge on any atom is -0.453 e. The van der Waals surface area contributed by atoms with E-state index in [9.17, 15) is 4.39 Å². The number of hydrogen-bond donors (Lipinski definition) is 0. The topological polar surface area (TPSA) is 35.0 Å². The molecule has 7 heteroatoms. The van der Waals surface area contributed by atoms with Crippen LogP contribution in [-0.2, 0) is 0 Å². The molecule has 1 heterocycles. The van der Waals surface area contributed by atoms with Gasteiger partial charge >= 0.3 is 0 Å². The van der Waals surface area contributed by atoms with Crippen LogP contribution in [-0.4, -0.2) is 10.2 Å². The molecule has 88 valence electrons. The smallest absolute Gasteiger partial charge is 0.194 e. The lowest BCUT2D eigenvalue weighted by Gasteiger charge is -2.08. The fourth-order valence-electron chi connectivity index (χ4n) is 1.08. The molecule has 1 aromatic carbocycles. The van der Waals surface area contributed by atoms with Gasteiger partial charge in [0.05, 0.1) is 4.47 Å². The van der Waals surface area contributed by atoms with Crippen molar-refractivity contribution in [2.75, 3.05) is 0 Å². The molecule has 17 heavy (non-hydrogen) atoms. The summed E-state index contributed by atoms with van der Waals surface area (Å²) in [6, 6.07) is 5.44. The Morgan fingerprint density at radius 3 is 2.65 bits per heavy atom. The van der Waals surface area contributed by atoms with Gasteiger partial charge in [-0.2, -0.15) is 0 Å². The summed E-state index contributed by atoms with van der Waals surface area (Å²) in [6.07, 6.45) is 0. The van der Waals surface area contributed by atoms with Crippen LogP contribution in [0.3, 0.4) is 0 Å². The predicted octanol–water partition coefficient (Wildman–Crippen LogP) is 4.48. The minimum absolute atomic E-state index is 0.0468. The molecule has 0 N–H and O–H groups in total. The van der Waals surface area contributed by atoms with Crippen molar-refractivity contribution in [3.63, 3.8) is 0 Å². The second-order valence-corrected chi connectivity index (χ2v) is 4.60. The summed E-state index contributed by atoms with van der Waals surface area (Å²) in [7, 11) is 0. The summed E-state index contributed by atoms with van der Waals surface area (Å²) in [4.78, 5) is 0. The van der Waals surface area contributed by atoms with Crippen LogP contribution in [0.2, 0.25) is 10.3 Å². The van der Waals surface area contributed by atoms with Gasteiger partial charge in [-0.25, -0.2) is 4.39 Å². The highest BCUT2D eigenvalue weighted by molar-refractivity contribution is 9.10. The van der Waals surface area contributed by atoms with E-state index < -0.39 is 5.82 Å². The van der Waals surface area contributed by atoms with E-state index in [0.29, 0.717) is 4.47 Å². The van der Waals surface area contributed by atoms with Gasteiger partial charge < -0.3 is 4.74 Å². The molecule has 0 bridgehead atoms. The van der Waals surface area contributed by atoms with E-state index in [4.69, 9.17) is 27.9 Å². The molecule has 3 nitrogen and oxygen atoms in total. The van der Waals surface area contributed by atoms with Gasteiger partial charge in [0.25, 0.3) is 0 Å². The Morgan fingerprint density at radius 2 is 1.88 bits per heavy atom. The number of nitrogens with zero attached hydrogens (tertiary/aromatic N) is 2. The van der Waals surface area contributed by atoms with Gasteiger partial charge in [-0.1, -0.05) is 23.2 Å². The van der Waals surface area contributed by atoms with Crippen LogP contribution in [0.15, 0.2) is 28.7 Å². The number of ether oxygens (including phenoxy) is 1. The van der Waals surface area contributed by atoms with Crippen LogP contribution < -0.4 is 4.74 Å². The SMILES string of the molecule is Fc1ccc(Br)c(Oc2cc(Cl)nnc2Cl)c1. The molecule has 0 aliphatic heterocycles. The van der Waals surface area contributed by atoms with Crippen molar-refractivity contribution in [3.05, 3.63) is 44.9 Å². The molecule has 0 unspecified atom stereocenters. The molecule has 2 aromatic rings. The van der Waals surface area contributed by atoms with Crippen LogP contribution in [0.5, 0.6) is 11.5 Å². The monoisotopic (exact) mass is 336 g/mol. The third-order valence-electron chi connectivity index (χ3n) is 1.80. The average molecular weight is 338 g/mol. The Hall–Kier alpha value is -0.910. The lowest BCUT2D eigenvalue weighted by molar-refractivity contribution is 0.470. The molecule has 0 amide bonds. The lowest BCUT2D eigenvalue weighted by Crippen LogP contribution is -1.91. The Kier molecular flexibility index (Phi) is 3.81. The molecule has 2 rings (SSSR count). The second kappa shape index (κ2) is 5.16. The van der Waals surface area contributed by atoms with E-state index in [1.165, 1.54) is 24.3 Å². The number of hydrogen-bond acceptors (Lipinski definition) is 3. The van der Waals surface area contributed by atoms with Gasteiger partial charge in [0.1, 0.15) is 11.6 Å². The molecule has 0 aliphatic rings. The average Bonchev–Trinajstić information content (AvgIpc) is 2.28. The zero-order valence-electron chi connectivity index (χ0n) is 8.12. The van der Waals surface area contributed by atoms with E-state index in [2.05, 4.69) is 26.1 Å². The van der Waals surface area contributed by atoms with E-state index >= 15 is 0 Å². The summed E-state index contributed by atoms with van der Waals surface area (Å²) in [5, 5.41) is 7.30. The molecule has 0 radical (unpaired) electrons. The molecule has 0 atom stereocenters. The predicted molar refractivity (Wildman–Crippen MR) is 66.2 cm³/mol. The highest BCUT2D eigenvalue weighted by Gasteiger charge is 2.10. The van der Waals surface area contributed by atoms with Crippen LogP contribution in [0.25, 0.3) is 0 Å². The standard InChI is InChI=1S/C10H4BrCl2FN2O/c11-6-2-1-5(14)3-7(6)17-8-4-9(12)15-16-10(8)13/h1-4H. The van der Waals surface area contributed by atoms with Crippen molar-refractivity contribution in [2.24, 2.45) is 0 Å². The maximum atomic E-state index is 13.0. The third-order valence-corrected chi connectivity index (χ3v) is 2.90. The first-order valence-electron chi connectivity index (χ1n) is 4.38. The van der Waals surface area contributed by atoms with Crippen molar-refractivity contribution in [2.45, 2.75) is 0 Å². The highest BCUT2D eigenvalue weighted by atomic mass is 79.9. The Labute approximate surface area is 115 Å². The second-order valence-electron chi connectivity index (χ2n) is 3.00. The summed E-state index contributed by atoms with van der Waals surface area (Å²) < 4.78 is 19.0. The van der Waals surface area contributed by atoms with Gasteiger partial charge in [-0.3, -0.25) is 0 Å². The van der Waals surface area contributed by atoms with Gasteiger partial charge in [0.15, 0.2) is 16.1 Å². The first-order valence-corrected chi connectivity index (χ1v) is 5.93. The summed E-state index contributed by atoms with van der Waals surface area (Å²) in [5.74, 6) is 0.0568. The maximum absolute atomic E-state index is 13.0. The van der Waals surface area contributed by atoms with Crippen molar-refractivity contribution >= 4 is 39.1 Å². The normalized spacial score (nSPS) is 10.4. The van der Waals surface area contributed by atoms with Gasteiger partial charge in [-0.05, 0) is 28.1 Å². The van der Waals surface area contributed by atoms with Crippen molar-refractivity contribution in [3.8, 4) is 11.5 Å². The van der Waals surface area contributed by atoms with Gasteiger partial charge in [0.2, 0.25) is 0 Å². The Balaban J connectivity index is 2.37. The molecular formula is C10H4BrCl2FN2O. The van der Waals surface area contributed by atoms with Crippen LogP contribution >= 0.6 is 39.1 Å². The molecule has 0 aliphatic carbocycles. The fourth-order valence-corrected chi connectivity index (χ4v) is 1.68. The molecule has 1 aromatic heterocycles. The number of aromatic nitrogens is 2. The van der Waals surface area contributed by atoms with Crippen molar-refractivity contribution in [1.29, 1.82) is 0 Å². The fraction of sp³-hybridized carbons (Fsp3) is 0. The molecule has 0 spiro atoms. The van der Waals surface area contributed by atoms with Crippen LogP contribution in [0, 0.1) is 5.82 Å². The first kappa shape index (κ1) is 12.5. The van der Waals surface area contributed by atoms with E-state index in [1.807, 2.05) is 0 Å². The maximum Gasteiger partial charge on any atom is 0.194 e. The number of halogens is 4. The molecule has 0 saturated carbocycles. The van der Waals surface area contributed by atoms with Crippen molar-refractivity contribution < 1.29 is 9.13 Å². The summed E-state index contributed by atoms with van der Waals surface area (Å²) in [6.45, 7) is 0. The lowest BCUT2D eigenvalue weighted by atomic mass is 10.3. The first-order chi connectivity index (χ1) is 8.06. The molecule has 0 saturated heterocycles. The Bertz CT molecular complexity index is 518. The largest absolute Gasteiger partial charge is 0.453 e. The minimum atomic E-state index is -0.424. The molecular weight excluding hydrogens is 334 g/mol. The zero-order chi connectivity index (χ0) is 12.4. The third kappa shape index (κ3) is 3.06. The summed E-state index contributed by atoms with van der Waals surface area (Å²) >= 11 is 14.7. The molecule has 0 fully saturated rings. The quantitative estimate of drug-likeness (QED) is 0.810. The van der Waals surface area contributed by atoms with Crippen LogP contribution in [0.4, 0.5) is 4.39 Å². The highest BCUT2D eigenvalue weighted by Crippen LogP contribution is 2.33. The number of benzene rings is 1. The van der Waals surface area contributed by atoms with E-state index in [-0.39, 0.29) is 21.8 Å². The van der Waals surface area contributed by atoms with Gasteiger partial charge in [0, 0.05) is 12.1 Å². The van der Waals surface area contributed by atoms with E-state index in [0.717, 1.165) is 0 Å². The zero-order valence-corrected chi connectivity index (χ0v) is 11.2. The van der Waals surface area contributed by atoms with Crippen molar-refractivity contribution in [1.82, 2.24) is 10.2 Å². The number of rotatable bonds is 2. The van der Waals surface area contributed by atoms with Gasteiger partial charge in [-0.15, -0.1) is 10.2 Å². The van der Waals surface area contributed by atoms with E-state index in [1.54, 1.807) is 0 Å².